The zero-order valence-electron chi connectivity index (χ0n) is 10.1. The van der Waals surface area contributed by atoms with Crippen molar-refractivity contribution in [2.75, 3.05) is 13.1 Å². The maximum Gasteiger partial charge on any atom is 0.325 e. The Morgan fingerprint density at radius 1 is 1.29 bits per heavy atom. The molecule has 1 atom stereocenters. The monoisotopic (exact) mass is 242 g/mol. The summed E-state index contributed by atoms with van der Waals surface area (Å²) in [6.07, 6.45) is 1.19. The lowest BCUT2D eigenvalue weighted by atomic mass is 9.95. The van der Waals surface area contributed by atoms with Crippen LogP contribution in [-0.4, -0.2) is 46.9 Å². The van der Waals surface area contributed by atoms with Gasteiger partial charge in [0.25, 0.3) is 0 Å². The summed E-state index contributed by atoms with van der Waals surface area (Å²) >= 11 is 0. The fourth-order valence-corrected chi connectivity index (χ4v) is 1.85. The molecule has 0 aromatic carbocycles. The molecule has 0 bridgehead atoms. The molecule has 0 aromatic heterocycles. The highest BCUT2D eigenvalue weighted by atomic mass is 16.4. The van der Waals surface area contributed by atoms with Crippen LogP contribution in [0.15, 0.2) is 0 Å². The van der Waals surface area contributed by atoms with E-state index in [2.05, 4.69) is 5.32 Å². The van der Waals surface area contributed by atoms with Gasteiger partial charge in [-0.3, -0.25) is 14.4 Å². The first-order valence-corrected chi connectivity index (χ1v) is 5.70. The van der Waals surface area contributed by atoms with E-state index in [1.54, 1.807) is 4.90 Å². The molecule has 17 heavy (non-hydrogen) atoms. The molecule has 96 valence electrons. The van der Waals surface area contributed by atoms with Crippen molar-refractivity contribution in [1.82, 2.24) is 10.2 Å². The molecule has 0 spiro atoms. The largest absolute Gasteiger partial charge is 0.480 e. The maximum absolute atomic E-state index is 11.7. The Bertz CT molecular complexity index is 321. The van der Waals surface area contributed by atoms with Crippen molar-refractivity contribution in [3.05, 3.63) is 0 Å². The van der Waals surface area contributed by atoms with Gasteiger partial charge >= 0.3 is 5.97 Å². The summed E-state index contributed by atoms with van der Waals surface area (Å²) in [5.41, 5.74) is 0. The second-order valence-electron chi connectivity index (χ2n) is 4.35. The molecule has 1 aliphatic rings. The van der Waals surface area contributed by atoms with E-state index < -0.39 is 12.0 Å². The molecule has 1 saturated heterocycles. The van der Waals surface area contributed by atoms with Crippen molar-refractivity contribution in [1.29, 1.82) is 0 Å². The summed E-state index contributed by atoms with van der Waals surface area (Å²) in [5, 5.41) is 11.1. The van der Waals surface area contributed by atoms with Gasteiger partial charge < -0.3 is 15.3 Å². The number of carboxylic acids is 1. The number of aliphatic carboxylic acids is 1. The number of likely N-dealkylation sites (tertiary alicyclic amines) is 1. The average molecular weight is 242 g/mol. The SMILES string of the molecule is CC(=O)N1CCC(C(=O)N[C@H](C)C(=O)O)CC1. The zero-order valence-corrected chi connectivity index (χ0v) is 10.1. The standard InChI is InChI=1S/C11H18N2O4/c1-7(11(16)17)12-10(15)9-3-5-13(6-4-9)8(2)14/h7,9H,3-6H2,1-2H3,(H,12,15)(H,16,17)/t7-/m1/s1. The van der Waals surface area contributed by atoms with Gasteiger partial charge in [0, 0.05) is 25.9 Å². The number of carboxylic acid groups (broad SMARTS) is 1. The van der Waals surface area contributed by atoms with E-state index in [0.29, 0.717) is 25.9 Å². The van der Waals surface area contributed by atoms with Crippen molar-refractivity contribution in [2.45, 2.75) is 32.7 Å². The van der Waals surface area contributed by atoms with Gasteiger partial charge in [-0.15, -0.1) is 0 Å². The molecule has 0 unspecified atom stereocenters. The van der Waals surface area contributed by atoms with E-state index in [1.807, 2.05) is 0 Å². The van der Waals surface area contributed by atoms with Gasteiger partial charge in [0.15, 0.2) is 0 Å². The fraction of sp³-hybridized carbons (Fsp3) is 0.727. The Balaban J connectivity index is 2.41. The molecular formula is C11H18N2O4. The molecular weight excluding hydrogens is 224 g/mol. The number of carbonyl (C=O) groups excluding carboxylic acids is 2. The fourth-order valence-electron chi connectivity index (χ4n) is 1.85. The molecule has 1 aliphatic heterocycles. The van der Waals surface area contributed by atoms with Gasteiger partial charge in [-0.05, 0) is 19.8 Å². The van der Waals surface area contributed by atoms with Crippen molar-refractivity contribution < 1.29 is 19.5 Å². The smallest absolute Gasteiger partial charge is 0.325 e. The number of nitrogens with zero attached hydrogens (tertiary/aromatic N) is 1. The topological polar surface area (TPSA) is 86.7 Å². The molecule has 2 N–H and O–H groups in total. The van der Waals surface area contributed by atoms with Gasteiger partial charge in [-0.1, -0.05) is 0 Å². The van der Waals surface area contributed by atoms with E-state index in [9.17, 15) is 14.4 Å². The van der Waals surface area contributed by atoms with Crippen LogP contribution in [0.4, 0.5) is 0 Å². The predicted octanol–water partition coefficient (Wildman–Crippen LogP) is -0.166. The molecule has 0 aromatic rings. The second-order valence-corrected chi connectivity index (χ2v) is 4.35. The van der Waals surface area contributed by atoms with E-state index in [1.165, 1.54) is 13.8 Å². The normalized spacial score (nSPS) is 18.6. The van der Waals surface area contributed by atoms with Gasteiger partial charge in [0.05, 0.1) is 0 Å². The maximum atomic E-state index is 11.7. The lowest BCUT2D eigenvalue weighted by molar-refractivity contribution is -0.142. The lowest BCUT2D eigenvalue weighted by Crippen LogP contribution is -2.46. The van der Waals surface area contributed by atoms with Gasteiger partial charge in [-0.25, -0.2) is 0 Å². The van der Waals surface area contributed by atoms with Crippen LogP contribution in [0.1, 0.15) is 26.7 Å². The van der Waals surface area contributed by atoms with Crippen molar-refractivity contribution in [3.8, 4) is 0 Å². The number of carbonyl (C=O) groups is 3. The number of hydrogen-bond acceptors (Lipinski definition) is 3. The predicted molar refractivity (Wildman–Crippen MR) is 60.2 cm³/mol. The molecule has 1 rings (SSSR count). The highest BCUT2D eigenvalue weighted by Gasteiger charge is 2.27. The number of rotatable bonds is 3. The summed E-state index contributed by atoms with van der Waals surface area (Å²) in [7, 11) is 0. The highest BCUT2D eigenvalue weighted by Crippen LogP contribution is 2.17. The quantitative estimate of drug-likeness (QED) is 0.719. The molecule has 0 aliphatic carbocycles. The minimum absolute atomic E-state index is 0.0164. The molecule has 1 fully saturated rings. The first kappa shape index (κ1) is 13.5. The van der Waals surface area contributed by atoms with E-state index in [-0.39, 0.29) is 17.7 Å². The van der Waals surface area contributed by atoms with Gasteiger partial charge in [0.1, 0.15) is 6.04 Å². The summed E-state index contributed by atoms with van der Waals surface area (Å²) in [6, 6.07) is -0.867. The van der Waals surface area contributed by atoms with Crippen LogP contribution in [0.3, 0.4) is 0 Å². The minimum atomic E-state index is -1.04. The van der Waals surface area contributed by atoms with E-state index in [0.717, 1.165) is 0 Å². The number of amides is 2. The van der Waals surface area contributed by atoms with Crippen molar-refractivity contribution >= 4 is 17.8 Å². The first-order chi connectivity index (χ1) is 7.91. The van der Waals surface area contributed by atoms with Crippen molar-refractivity contribution in [2.24, 2.45) is 5.92 Å². The summed E-state index contributed by atoms with van der Waals surface area (Å²) in [5.74, 6) is -1.45. The van der Waals surface area contributed by atoms with Crippen LogP contribution in [0.2, 0.25) is 0 Å². The Morgan fingerprint density at radius 3 is 2.24 bits per heavy atom. The lowest BCUT2D eigenvalue weighted by Gasteiger charge is -2.30. The van der Waals surface area contributed by atoms with Crippen LogP contribution >= 0.6 is 0 Å². The molecule has 2 amide bonds. The minimum Gasteiger partial charge on any atom is -0.480 e. The summed E-state index contributed by atoms with van der Waals surface area (Å²) < 4.78 is 0. The Kier molecular flexibility index (Phi) is 4.48. The molecule has 0 saturated carbocycles. The third-order valence-corrected chi connectivity index (χ3v) is 3.04. The first-order valence-electron chi connectivity index (χ1n) is 5.70. The molecule has 1 heterocycles. The van der Waals surface area contributed by atoms with E-state index >= 15 is 0 Å². The van der Waals surface area contributed by atoms with Crippen LogP contribution in [0.25, 0.3) is 0 Å². The molecule has 0 radical (unpaired) electrons. The van der Waals surface area contributed by atoms with E-state index in [4.69, 9.17) is 5.11 Å². The highest BCUT2D eigenvalue weighted by molar-refractivity contribution is 5.85. The van der Waals surface area contributed by atoms with Crippen LogP contribution in [0.5, 0.6) is 0 Å². The summed E-state index contributed by atoms with van der Waals surface area (Å²) in [6.45, 7) is 4.07. The van der Waals surface area contributed by atoms with Gasteiger partial charge in [0.2, 0.25) is 11.8 Å². The Labute approximate surface area is 100.0 Å². The second kappa shape index (κ2) is 5.65. The summed E-state index contributed by atoms with van der Waals surface area (Å²) in [4.78, 5) is 35.1. The Morgan fingerprint density at radius 2 is 1.82 bits per heavy atom. The Hall–Kier alpha value is -1.59. The number of hydrogen-bond donors (Lipinski definition) is 2. The van der Waals surface area contributed by atoms with Crippen LogP contribution in [0, 0.1) is 5.92 Å². The third-order valence-electron chi connectivity index (χ3n) is 3.04. The zero-order chi connectivity index (χ0) is 13.0. The molecule has 6 nitrogen and oxygen atoms in total. The number of piperidine rings is 1. The van der Waals surface area contributed by atoms with Crippen LogP contribution in [-0.2, 0) is 14.4 Å². The average Bonchev–Trinajstić information content (AvgIpc) is 2.28. The van der Waals surface area contributed by atoms with Crippen LogP contribution < -0.4 is 5.32 Å². The number of nitrogens with one attached hydrogen (secondary N) is 1. The third kappa shape index (κ3) is 3.72. The van der Waals surface area contributed by atoms with Gasteiger partial charge in [-0.2, -0.15) is 0 Å². The van der Waals surface area contributed by atoms with Crippen molar-refractivity contribution in [3.63, 3.8) is 0 Å². The molecule has 6 heteroatoms.